The van der Waals surface area contributed by atoms with Gasteiger partial charge in [0.15, 0.2) is 0 Å². The van der Waals surface area contributed by atoms with E-state index in [0.29, 0.717) is 29.4 Å². The third-order valence-corrected chi connectivity index (χ3v) is 5.51. The molecule has 0 bridgehead atoms. The van der Waals surface area contributed by atoms with Gasteiger partial charge in [-0.2, -0.15) is 5.10 Å². The van der Waals surface area contributed by atoms with Crippen molar-refractivity contribution >= 4 is 23.4 Å². The lowest BCUT2D eigenvalue weighted by Gasteiger charge is -2.21. The van der Waals surface area contributed by atoms with Gasteiger partial charge in [0.1, 0.15) is 18.2 Å². The number of nitrogens with zero attached hydrogens (tertiary/aromatic N) is 3. The van der Waals surface area contributed by atoms with Crippen LogP contribution < -0.4 is 10.6 Å². The van der Waals surface area contributed by atoms with Crippen molar-refractivity contribution in [2.45, 2.75) is 13.8 Å². The number of anilines is 2. The molecule has 0 atom stereocenters. The highest BCUT2D eigenvalue weighted by molar-refractivity contribution is 5.97. The average molecular weight is 472 g/mol. The molecule has 0 radical (unpaired) electrons. The van der Waals surface area contributed by atoms with Gasteiger partial charge in [0.05, 0.1) is 11.4 Å². The molecular formula is C27H26FN5O2. The van der Waals surface area contributed by atoms with Crippen LogP contribution in [0, 0.1) is 12.7 Å². The number of aryl methyl sites for hydroxylation is 1. The van der Waals surface area contributed by atoms with Crippen molar-refractivity contribution in [1.82, 2.24) is 14.7 Å². The summed E-state index contributed by atoms with van der Waals surface area (Å²) in [6.45, 7) is 3.90. The van der Waals surface area contributed by atoms with Gasteiger partial charge in [0.25, 0.3) is 0 Å². The van der Waals surface area contributed by atoms with E-state index in [2.05, 4.69) is 15.7 Å². The van der Waals surface area contributed by atoms with E-state index in [1.807, 2.05) is 61.5 Å². The molecule has 4 rings (SSSR count). The van der Waals surface area contributed by atoms with Crippen LogP contribution in [-0.2, 0) is 4.79 Å². The molecule has 178 valence electrons. The van der Waals surface area contributed by atoms with Crippen molar-refractivity contribution in [3.63, 3.8) is 0 Å². The minimum absolute atomic E-state index is 0.149. The fourth-order valence-corrected chi connectivity index (χ4v) is 3.59. The summed E-state index contributed by atoms with van der Waals surface area (Å²) in [5.74, 6) is -0.335. The Balaban J connectivity index is 1.54. The van der Waals surface area contributed by atoms with E-state index in [1.54, 1.807) is 29.8 Å². The van der Waals surface area contributed by atoms with Crippen LogP contribution in [0.4, 0.5) is 20.7 Å². The maximum absolute atomic E-state index is 13.5. The summed E-state index contributed by atoms with van der Waals surface area (Å²) >= 11 is 0. The molecule has 35 heavy (non-hydrogen) atoms. The largest absolute Gasteiger partial charge is 0.322 e. The lowest BCUT2D eigenvalue weighted by atomic mass is 10.1. The third kappa shape index (κ3) is 5.73. The van der Waals surface area contributed by atoms with Crippen LogP contribution in [-0.4, -0.2) is 39.7 Å². The molecular weight excluding hydrogens is 445 g/mol. The van der Waals surface area contributed by atoms with Crippen LogP contribution >= 0.6 is 0 Å². The topological polar surface area (TPSA) is 79.3 Å². The number of aromatic nitrogens is 2. The predicted octanol–water partition coefficient (Wildman–Crippen LogP) is 5.48. The first kappa shape index (κ1) is 23.7. The van der Waals surface area contributed by atoms with Gasteiger partial charge in [-0.05, 0) is 49.7 Å². The quantitative estimate of drug-likeness (QED) is 0.375. The first-order valence-electron chi connectivity index (χ1n) is 11.3. The molecule has 1 heterocycles. The monoisotopic (exact) mass is 471 g/mol. The van der Waals surface area contributed by atoms with E-state index < -0.39 is 0 Å². The zero-order valence-corrected chi connectivity index (χ0v) is 19.5. The second kappa shape index (κ2) is 10.6. The third-order valence-electron chi connectivity index (χ3n) is 5.51. The fourth-order valence-electron chi connectivity index (χ4n) is 3.59. The van der Waals surface area contributed by atoms with E-state index in [1.165, 1.54) is 17.0 Å². The Hall–Kier alpha value is -4.46. The Bertz CT molecular complexity index is 1320. The summed E-state index contributed by atoms with van der Waals surface area (Å²) in [5.41, 5.74) is 3.73. The molecule has 2 N–H and O–H groups in total. The van der Waals surface area contributed by atoms with Crippen molar-refractivity contribution in [3.05, 3.63) is 96.3 Å². The number of rotatable bonds is 7. The highest BCUT2D eigenvalue weighted by Gasteiger charge is 2.19. The van der Waals surface area contributed by atoms with Crippen molar-refractivity contribution in [1.29, 1.82) is 0 Å². The van der Waals surface area contributed by atoms with Crippen molar-refractivity contribution in [2.24, 2.45) is 0 Å². The maximum atomic E-state index is 13.5. The first-order chi connectivity index (χ1) is 16.9. The highest BCUT2D eigenvalue weighted by atomic mass is 19.1. The molecule has 0 fully saturated rings. The number of carbonyl (C=O) groups is 2. The van der Waals surface area contributed by atoms with Gasteiger partial charge >= 0.3 is 6.03 Å². The lowest BCUT2D eigenvalue weighted by molar-refractivity contribution is -0.116. The molecule has 7 nitrogen and oxygen atoms in total. The Morgan fingerprint density at radius 3 is 2.31 bits per heavy atom. The number of para-hydroxylation sites is 1. The maximum Gasteiger partial charge on any atom is 0.322 e. The average Bonchev–Trinajstić information content (AvgIpc) is 3.28. The van der Waals surface area contributed by atoms with Crippen molar-refractivity contribution in [2.75, 3.05) is 23.7 Å². The molecule has 0 saturated heterocycles. The van der Waals surface area contributed by atoms with E-state index in [4.69, 9.17) is 0 Å². The molecule has 0 aliphatic heterocycles. The molecule has 0 unspecified atom stereocenters. The molecule has 3 amide bonds. The Morgan fingerprint density at radius 1 is 0.943 bits per heavy atom. The molecule has 4 aromatic rings. The molecule has 8 heteroatoms. The van der Waals surface area contributed by atoms with E-state index in [9.17, 15) is 14.0 Å². The van der Waals surface area contributed by atoms with Gasteiger partial charge in [-0.3, -0.25) is 4.79 Å². The Labute approximate surface area is 203 Å². The van der Waals surface area contributed by atoms with Gasteiger partial charge in [0, 0.05) is 23.9 Å². The summed E-state index contributed by atoms with van der Waals surface area (Å²) in [5, 5.41) is 10.3. The van der Waals surface area contributed by atoms with Crippen LogP contribution in [0.5, 0.6) is 0 Å². The molecule has 3 aromatic carbocycles. The minimum Gasteiger partial charge on any atom is -0.315 e. The zero-order valence-electron chi connectivity index (χ0n) is 19.5. The second-order valence-corrected chi connectivity index (χ2v) is 7.98. The normalized spacial score (nSPS) is 10.6. The number of urea groups is 1. The van der Waals surface area contributed by atoms with Crippen molar-refractivity contribution in [3.8, 4) is 16.9 Å². The minimum atomic E-state index is -0.380. The molecule has 0 saturated carbocycles. The zero-order chi connectivity index (χ0) is 24.8. The number of benzene rings is 3. The van der Waals surface area contributed by atoms with Crippen LogP contribution in [0.25, 0.3) is 16.9 Å². The number of nitrogens with one attached hydrogen (secondary N) is 2. The van der Waals surface area contributed by atoms with Crippen LogP contribution in [0.1, 0.15) is 12.5 Å². The van der Waals surface area contributed by atoms with Gasteiger partial charge in [0.2, 0.25) is 5.91 Å². The van der Waals surface area contributed by atoms with Crippen LogP contribution in [0.15, 0.2) is 84.9 Å². The smallest absolute Gasteiger partial charge is 0.315 e. The number of likely N-dealkylation sites (N-methyl/N-ethyl adjacent to an activating group) is 1. The van der Waals surface area contributed by atoms with E-state index in [-0.39, 0.29) is 24.3 Å². The van der Waals surface area contributed by atoms with Crippen LogP contribution in [0.3, 0.4) is 0 Å². The molecule has 0 aliphatic carbocycles. The van der Waals surface area contributed by atoms with Gasteiger partial charge in [-0.15, -0.1) is 0 Å². The first-order valence-corrected chi connectivity index (χ1v) is 11.3. The van der Waals surface area contributed by atoms with Gasteiger partial charge in [-0.25, -0.2) is 13.9 Å². The summed E-state index contributed by atoms with van der Waals surface area (Å²) in [6.07, 6.45) is 0. The fraction of sp³-hybridized carbons (Fsp3) is 0.148. The molecule has 0 aliphatic rings. The van der Waals surface area contributed by atoms with E-state index in [0.717, 1.165) is 11.1 Å². The number of carbonyl (C=O) groups excluding carboxylic acids is 2. The number of amides is 3. The number of hydrogen-bond acceptors (Lipinski definition) is 3. The van der Waals surface area contributed by atoms with E-state index >= 15 is 0 Å². The highest BCUT2D eigenvalue weighted by Crippen LogP contribution is 2.25. The SMILES string of the molecule is CCN(CC(=O)Nc1cc(-c2ccccc2)nn1-c1ccc(F)cc1)C(=O)Nc1ccccc1C. The summed E-state index contributed by atoms with van der Waals surface area (Å²) in [6, 6.07) is 24.2. The summed E-state index contributed by atoms with van der Waals surface area (Å²) < 4.78 is 15.0. The van der Waals surface area contributed by atoms with Crippen LogP contribution in [0.2, 0.25) is 0 Å². The Morgan fingerprint density at radius 2 is 1.63 bits per heavy atom. The number of hydrogen-bond donors (Lipinski definition) is 2. The lowest BCUT2D eigenvalue weighted by Crippen LogP contribution is -2.40. The summed E-state index contributed by atoms with van der Waals surface area (Å²) in [7, 11) is 0. The van der Waals surface area contributed by atoms with Crippen molar-refractivity contribution < 1.29 is 14.0 Å². The second-order valence-electron chi connectivity index (χ2n) is 7.98. The molecule has 1 aromatic heterocycles. The Kier molecular flexibility index (Phi) is 7.21. The predicted molar refractivity (Wildman–Crippen MR) is 135 cm³/mol. The summed E-state index contributed by atoms with van der Waals surface area (Å²) in [4.78, 5) is 27.1. The molecule has 0 spiro atoms. The number of halogens is 1. The van der Waals surface area contributed by atoms with Gasteiger partial charge < -0.3 is 15.5 Å². The van der Waals surface area contributed by atoms with Gasteiger partial charge in [-0.1, -0.05) is 48.5 Å². The standard InChI is InChI=1S/C27H26FN5O2/c1-3-32(27(35)29-23-12-8-7-9-19(23)2)18-26(34)30-25-17-24(20-10-5-4-6-11-20)31-33(25)22-15-13-21(28)14-16-22/h4-17H,3,18H2,1-2H3,(H,29,35)(H,30,34).